The number of allylic oxidation sites excluding steroid dienone is 6. The van der Waals surface area contributed by atoms with Gasteiger partial charge in [-0.25, -0.2) is 0 Å². The average Bonchev–Trinajstić information content (AvgIpc) is 4.06. The molecule has 5 aliphatic rings. The standard InChI is InChI=1S/C63H96N4O14/c1-15-29-76-48(70)24-21-41-45-36-46-59(9,10)42(22-25-49(71)77-30-16-2)54(65-46)39(7)56-60(11,28-27-51(73)79-32-18-4)44(35-52(74)80-33-19-5)58(66-56)63(14)62(13,38-53(75)81-34-20-6)43(23-26-50(72)78-31-17-3)55(67-63)40(8)57(64-45)61(41,12)37-47(68)69/h36,41-44,58,64H,15-35,37-38H2,1-14H3,(H,68,69)/b45-36?,54-39?,57-40-/t41-,42-,43-,44+,58-,60-,61+,62+,63+/m1/s1. The van der Waals surface area contributed by atoms with E-state index in [9.17, 15) is 38.7 Å². The predicted octanol–water partition coefficient (Wildman–Crippen LogP) is 11.1. The van der Waals surface area contributed by atoms with Crippen molar-refractivity contribution in [2.24, 2.45) is 60.3 Å². The van der Waals surface area contributed by atoms with Gasteiger partial charge in [-0.05, 0) is 102 Å². The Morgan fingerprint density at radius 2 is 1.02 bits per heavy atom. The van der Waals surface area contributed by atoms with Gasteiger partial charge in [-0.15, -0.1) is 0 Å². The third-order valence-corrected chi connectivity index (χ3v) is 18.1. The molecule has 0 radical (unpaired) electrons. The lowest BCUT2D eigenvalue weighted by Gasteiger charge is -2.48. The highest BCUT2D eigenvalue weighted by Gasteiger charge is 2.67. The number of carbonyl (C=O) groups is 7. The average molecular weight is 1130 g/mol. The SMILES string of the molecule is CCCOC(=O)CC[C@@H]1C2=C(C)C3=N[C@H]([C@H](CC(=O)OCCC)[C@@]3(C)CCC(=O)OCCC)[C@]3(C)N=C(/C(C)=C4\NC(=CC(=N2)C1(C)C)[C@@H](CCC(=O)OCCC)[C@]4(C)CC(=O)O)[C@@H](CCC(=O)OCCC)[C@]3(C)CC(=O)OCCC. The van der Waals surface area contributed by atoms with E-state index in [1.54, 1.807) is 0 Å². The number of aliphatic imine (C=N–C) groups is 3. The normalized spacial score (nSPS) is 29.0. The van der Waals surface area contributed by atoms with Crippen molar-refractivity contribution in [3.05, 3.63) is 34.3 Å². The van der Waals surface area contributed by atoms with Gasteiger partial charge in [-0.3, -0.25) is 48.5 Å². The van der Waals surface area contributed by atoms with E-state index >= 15 is 0 Å². The van der Waals surface area contributed by atoms with E-state index in [2.05, 4.69) is 19.2 Å². The number of esters is 6. The number of carboxylic acids is 1. The van der Waals surface area contributed by atoms with Gasteiger partial charge in [0, 0.05) is 105 Å². The zero-order valence-electron chi connectivity index (χ0n) is 51.3. The Bertz CT molecular complexity index is 2540. The molecule has 1 fully saturated rings. The Morgan fingerprint density at radius 1 is 0.568 bits per heavy atom. The Hall–Kier alpha value is -5.68. The van der Waals surface area contributed by atoms with Gasteiger partial charge in [0.25, 0.3) is 0 Å². The van der Waals surface area contributed by atoms with Crippen molar-refractivity contribution in [3.63, 3.8) is 0 Å². The van der Waals surface area contributed by atoms with Gasteiger partial charge in [0.2, 0.25) is 0 Å². The maximum Gasteiger partial charge on any atom is 0.306 e. The molecular weight excluding hydrogens is 1040 g/mol. The number of nitrogens with one attached hydrogen (secondary N) is 1. The molecule has 0 aromatic heterocycles. The lowest BCUT2D eigenvalue weighted by molar-refractivity contribution is -0.150. The fourth-order valence-corrected chi connectivity index (χ4v) is 13.4. The second kappa shape index (κ2) is 28.5. The van der Waals surface area contributed by atoms with Crippen molar-refractivity contribution < 1.29 is 67.1 Å². The second-order valence-electron chi connectivity index (χ2n) is 24.4. The first-order chi connectivity index (χ1) is 38.3. The van der Waals surface area contributed by atoms with Crippen LogP contribution in [0.2, 0.25) is 0 Å². The molecule has 9 atom stereocenters. The second-order valence-corrected chi connectivity index (χ2v) is 24.4. The molecule has 0 saturated carbocycles. The molecule has 2 N–H and O–H groups in total. The molecule has 5 rings (SSSR count). The first kappa shape index (κ1) is 66.1. The number of carboxylic acid groups (broad SMARTS) is 1. The third kappa shape index (κ3) is 14.6. The number of hydrogen-bond acceptors (Lipinski definition) is 17. The van der Waals surface area contributed by atoms with Crippen molar-refractivity contribution in [2.75, 3.05) is 39.6 Å². The van der Waals surface area contributed by atoms with Gasteiger partial charge < -0.3 is 38.8 Å². The summed E-state index contributed by atoms with van der Waals surface area (Å²) in [5, 5.41) is 14.7. The van der Waals surface area contributed by atoms with Gasteiger partial charge >= 0.3 is 41.8 Å². The van der Waals surface area contributed by atoms with Crippen molar-refractivity contribution in [2.45, 2.75) is 218 Å². The quantitative estimate of drug-likeness (QED) is 0.0502. The van der Waals surface area contributed by atoms with Gasteiger partial charge in [0.05, 0.1) is 70.5 Å². The smallest absolute Gasteiger partial charge is 0.306 e. The first-order valence-electron chi connectivity index (χ1n) is 30.1. The highest BCUT2D eigenvalue weighted by atomic mass is 16.6. The summed E-state index contributed by atoms with van der Waals surface area (Å²) < 4.78 is 34.5. The molecule has 5 heterocycles. The van der Waals surface area contributed by atoms with E-state index in [0.29, 0.717) is 90.3 Å². The molecule has 0 aromatic carbocycles. The van der Waals surface area contributed by atoms with Crippen molar-refractivity contribution in [1.29, 1.82) is 0 Å². The first-order valence-corrected chi connectivity index (χ1v) is 30.1. The largest absolute Gasteiger partial charge is 0.481 e. The molecule has 452 valence electrons. The van der Waals surface area contributed by atoms with E-state index in [-0.39, 0.29) is 110 Å². The van der Waals surface area contributed by atoms with Crippen molar-refractivity contribution in [3.8, 4) is 0 Å². The number of hydrogen-bond donors (Lipinski definition) is 2. The van der Waals surface area contributed by atoms with Crippen molar-refractivity contribution in [1.82, 2.24) is 5.32 Å². The Labute approximate surface area is 481 Å². The lowest BCUT2D eigenvalue weighted by atomic mass is 9.55. The van der Waals surface area contributed by atoms with E-state index < -0.39 is 92.7 Å². The van der Waals surface area contributed by atoms with Crippen LogP contribution in [0.25, 0.3) is 0 Å². The zero-order chi connectivity index (χ0) is 60.1. The highest BCUT2D eigenvalue weighted by Crippen LogP contribution is 2.62. The van der Waals surface area contributed by atoms with Crippen LogP contribution in [0.4, 0.5) is 0 Å². The summed E-state index contributed by atoms with van der Waals surface area (Å²) in [6.45, 7) is 28.6. The summed E-state index contributed by atoms with van der Waals surface area (Å²) >= 11 is 0. The van der Waals surface area contributed by atoms with E-state index in [0.717, 1.165) is 0 Å². The van der Waals surface area contributed by atoms with E-state index in [1.807, 2.05) is 89.2 Å². The summed E-state index contributed by atoms with van der Waals surface area (Å²) in [6.07, 6.45) is 5.79. The van der Waals surface area contributed by atoms with Crippen LogP contribution in [0.5, 0.6) is 0 Å². The number of carbonyl (C=O) groups excluding carboxylic acids is 6. The molecule has 18 nitrogen and oxygen atoms in total. The van der Waals surface area contributed by atoms with E-state index in [1.165, 1.54) is 0 Å². The van der Waals surface area contributed by atoms with Gasteiger partial charge in [-0.2, -0.15) is 0 Å². The fourth-order valence-electron chi connectivity index (χ4n) is 13.4. The molecule has 0 amide bonds. The van der Waals surface area contributed by atoms with Gasteiger partial charge in [0.15, 0.2) is 0 Å². The van der Waals surface area contributed by atoms with Crippen LogP contribution in [-0.4, -0.2) is 115 Å². The number of nitrogens with zero attached hydrogens (tertiary/aromatic N) is 3. The monoisotopic (exact) mass is 1130 g/mol. The topological polar surface area (TPSA) is 244 Å². The van der Waals surface area contributed by atoms with Crippen LogP contribution in [0.15, 0.2) is 49.3 Å². The zero-order valence-corrected chi connectivity index (χ0v) is 51.3. The summed E-state index contributed by atoms with van der Waals surface area (Å²) in [7, 11) is 0. The molecular formula is C63H96N4O14. The van der Waals surface area contributed by atoms with Crippen LogP contribution in [-0.2, 0) is 62.0 Å². The molecule has 8 bridgehead atoms. The van der Waals surface area contributed by atoms with Gasteiger partial charge in [-0.1, -0.05) is 76.2 Å². The summed E-state index contributed by atoms with van der Waals surface area (Å²) in [4.78, 5) is 114. The highest BCUT2D eigenvalue weighted by molar-refractivity contribution is 6.10. The summed E-state index contributed by atoms with van der Waals surface area (Å²) in [6, 6.07) is -0.911. The Morgan fingerprint density at radius 3 is 1.52 bits per heavy atom. The molecule has 0 aromatic rings. The molecule has 81 heavy (non-hydrogen) atoms. The Balaban J connectivity index is 2.02. The lowest BCUT2D eigenvalue weighted by Crippen LogP contribution is -2.55. The molecule has 18 heteroatoms. The summed E-state index contributed by atoms with van der Waals surface area (Å²) in [5.74, 6) is -6.12. The van der Waals surface area contributed by atoms with Crippen LogP contribution in [0.3, 0.4) is 0 Å². The number of rotatable bonds is 30. The maximum absolute atomic E-state index is 14.6. The van der Waals surface area contributed by atoms with Crippen LogP contribution < -0.4 is 5.32 Å². The summed E-state index contributed by atoms with van der Waals surface area (Å²) in [5.41, 5.74) is -0.892. The Kier molecular flexibility index (Phi) is 23.3. The minimum atomic E-state index is -1.41. The number of fused-ring (bicyclic) bond motifs is 6. The van der Waals surface area contributed by atoms with E-state index in [4.69, 9.17) is 43.4 Å². The molecule has 1 saturated heterocycles. The van der Waals surface area contributed by atoms with Crippen LogP contribution in [0, 0.1) is 45.3 Å². The predicted molar refractivity (Wildman–Crippen MR) is 309 cm³/mol. The maximum atomic E-state index is 14.6. The minimum Gasteiger partial charge on any atom is -0.481 e. The number of ether oxygens (including phenoxy) is 6. The van der Waals surface area contributed by atoms with Crippen molar-refractivity contribution >= 4 is 58.9 Å². The molecule has 0 aliphatic carbocycles. The minimum absolute atomic E-state index is 0.0124. The fraction of sp³-hybridized carbons (Fsp3) is 0.746. The van der Waals surface area contributed by atoms with Gasteiger partial charge in [0.1, 0.15) is 0 Å². The van der Waals surface area contributed by atoms with Crippen LogP contribution in [0.1, 0.15) is 206 Å². The van der Waals surface area contributed by atoms with Crippen LogP contribution >= 0.6 is 0 Å². The molecule has 0 unspecified atom stereocenters. The third-order valence-electron chi connectivity index (χ3n) is 18.1. The molecule has 0 spiro atoms. The molecule has 5 aliphatic heterocycles. The number of aliphatic carboxylic acids is 1.